The van der Waals surface area contributed by atoms with Gasteiger partial charge in [-0.3, -0.25) is 4.79 Å². The van der Waals surface area contributed by atoms with E-state index in [0.717, 1.165) is 12.0 Å². The van der Waals surface area contributed by atoms with Gasteiger partial charge < -0.3 is 5.32 Å². The summed E-state index contributed by atoms with van der Waals surface area (Å²) < 4.78 is 27.1. The predicted molar refractivity (Wildman–Crippen MR) is 106 cm³/mol. The van der Waals surface area contributed by atoms with Crippen molar-refractivity contribution in [2.45, 2.75) is 37.1 Å². The van der Waals surface area contributed by atoms with Crippen LogP contribution in [0.1, 0.15) is 37.8 Å². The molecule has 1 aliphatic heterocycles. The Labute approximate surface area is 161 Å². The van der Waals surface area contributed by atoms with Crippen LogP contribution in [0.5, 0.6) is 0 Å². The molecule has 1 amide bonds. The summed E-state index contributed by atoms with van der Waals surface area (Å²) >= 11 is 0. The van der Waals surface area contributed by atoms with Crippen LogP contribution in [0, 0.1) is 5.92 Å². The van der Waals surface area contributed by atoms with Gasteiger partial charge in [-0.1, -0.05) is 55.5 Å². The van der Waals surface area contributed by atoms with Crippen LogP contribution in [0.25, 0.3) is 0 Å². The van der Waals surface area contributed by atoms with Crippen molar-refractivity contribution in [2.24, 2.45) is 5.92 Å². The summed E-state index contributed by atoms with van der Waals surface area (Å²) in [5.74, 6) is -0.395. The Balaban J connectivity index is 1.69. The van der Waals surface area contributed by atoms with Crippen LogP contribution < -0.4 is 5.32 Å². The number of nitrogens with zero attached hydrogens (tertiary/aromatic N) is 1. The molecule has 0 bridgehead atoms. The monoisotopic (exact) mass is 386 g/mol. The first-order valence-electron chi connectivity index (χ1n) is 9.43. The van der Waals surface area contributed by atoms with Gasteiger partial charge >= 0.3 is 0 Å². The number of hydrogen-bond acceptors (Lipinski definition) is 3. The zero-order valence-electron chi connectivity index (χ0n) is 15.5. The fourth-order valence-corrected chi connectivity index (χ4v) is 5.06. The maximum Gasteiger partial charge on any atom is 0.243 e. The first-order valence-corrected chi connectivity index (χ1v) is 10.9. The molecule has 2 aromatic rings. The molecule has 2 atom stereocenters. The maximum atomic E-state index is 12.8. The van der Waals surface area contributed by atoms with Gasteiger partial charge in [-0.25, -0.2) is 8.42 Å². The smallest absolute Gasteiger partial charge is 0.243 e. The van der Waals surface area contributed by atoms with Crippen molar-refractivity contribution < 1.29 is 13.2 Å². The minimum atomic E-state index is -3.56. The van der Waals surface area contributed by atoms with Gasteiger partial charge in [0, 0.05) is 13.1 Å². The fraction of sp³-hybridized carbons (Fsp3) is 0.381. The molecule has 0 spiro atoms. The highest BCUT2D eigenvalue weighted by Gasteiger charge is 2.33. The number of piperidine rings is 1. The number of amides is 1. The van der Waals surface area contributed by atoms with Gasteiger partial charge in [0.25, 0.3) is 0 Å². The Morgan fingerprint density at radius 2 is 1.74 bits per heavy atom. The lowest BCUT2D eigenvalue weighted by molar-refractivity contribution is -0.126. The molecule has 3 rings (SSSR count). The number of nitrogens with one attached hydrogen (secondary N) is 1. The summed E-state index contributed by atoms with van der Waals surface area (Å²) in [6.45, 7) is 2.72. The van der Waals surface area contributed by atoms with Crippen LogP contribution in [-0.4, -0.2) is 31.7 Å². The van der Waals surface area contributed by atoms with E-state index in [1.54, 1.807) is 30.3 Å². The molecule has 27 heavy (non-hydrogen) atoms. The molecular formula is C21H26N2O3S. The van der Waals surface area contributed by atoms with Gasteiger partial charge in [-0.2, -0.15) is 4.31 Å². The van der Waals surface area contributed by atoms with Crippen molar-refractivity contribution in [3.63, 3.8) is 0 Å². The van der Waals surface area contributed by atoms with E-state index < -0.39 is 10.0 Å². The second kappa shape index (κ2) is 8.67. The molecule has 1 heterocycles. The van der Waals surface area contributed by atoms with E-state index in [4.69, 9.17) is 0 Å². The average Bonchev–Trinajstić information content (AvgIpc) is 2.73. The van der Waals surface area contributed by atoms with E-state index >= 15 is 0 Å². The summed E-state index contributed by atoms with van der Waals surface area (Å²) in [5, 5.41) is 3.10. The van der Waals surface area contributed by atoms with E-state index in [1.165, 1.54) is 4.31 Å². The van der Waals surface area contributed by atoms with E-state index in [0.29, 0.717) is 19.4 Å². The highest BCUT2D eigenvalue weighted by Crippen LogP contribution is 2.25. The average molecular weight is 387 g/mol. The minimum absolute atomic E-state index is 0.0557. The van der Waals surface area contributed by atoms with E-state index in [9.17, 15) is 13.2 Å². The normalized spacial score (nSPS) is 19.4. The summed E-state index contributed by atoms with van der Waals surface area (Å²) in [4.78, 5) is 13.1. The minimum Gasteiger partial charge on any atom is -0.349 e. The van der Waals surface area contributed by atoms with E-state index in [-0.39, 0.29) is 29.3 Å². The number of benzene rings is 2. The summed E-state index contributed by atoms with van der Waals surface area (Å²) in [6, 6.07) is 18.2. The van der Waals surface area contributed by atoms with Crippen LogP contribution in [0.4, 0.5) is 0 Å². The van der Waals surface area contributed by atoms with Crippen molar-refractivity contribution in [3.8, 4) is 0 Å². The third kappa shape index (κ3) is 4.57. The fourth-order valence-electron chi connectivity index (χ4n) is 3.51. The second-order valence-electron chi connectivity index (χ2n) is 6.90. The molecule has 1 aliphatic rings. The molecule has 1 N–H and O–H groups in total. The van der Waals surface area contributed by atoms with Gasteiger partial charge in [0.2, 0.25) is 15.9 Å². The standard InChI is InChI=1S/C21H26N2O3S/c1-2-20(17-10-5-3-6-11-17)22-21(24)18-12-9-15-23(16-18)27(25,26)19-13-7-4-8-14-19/h3-8,10-11,13-14,18,20H,2,9,12,15-16H2,1H3,(H,22,24)/t18-,20-/m0/s1. The Kier molecular flexibility index (Phi) is 6.29. The van der Waals surface area contributed by atoms with Crippen LogP contribution in [0.2, 0.25) is 0 Å². The van der Waals surface area contributed by atoms with E-state index in [1.807, 2.05) is 37.3 Å². The van der Waals surface area contributed by atoms with Gasteiger partial charge in [0.1, 0.15) is 0 Å². The van der Waals surface area contributed by atoms with Gasteiger partial charge in [0.05, 0.1) is 16.9 Å². The van der Waals surface area contributed by atoms with Crippen molar-refractivity contribution >= 4 is 15.9 Å². The lowest BCUT2D eigenvalue weighted by Gasteiger charge is -2.32. The Morgan fingerprint density at radius 1 is 1.11 bits per heavy atom. The molecule has 0 saturated carbocycles. The quantitative estimate of drug-likeness (QED) is 0.828. The van der Waals surface area contributed by atoms with Crippen LogP contribution in [0.3, 0.4) is 0 Å². The SMILES string of the molecule is CC[C@H](NC(=O)[C@H]1CCCN(S(=O)(=O)c2ccccc2)C1)c1ccccc1. The zero-order chi connectivity index (χ0) is 19.3. The first-order chi connectivity index (χ1) is 13.0. The first kappa shape index (κ1) is 19.6. The maximum absolute atomic E-state index is 12.8. The summed E-state index contributed by atoms with van der Waals surface area (Å²) in [5.41, 5.74) is 1.07. The van der Waals surface area contributed by atoms with Crippen LogP contribution in [-0.2, 0) is 14.8 Å². The number of sulfonamides is 1. The summed E-state index contributed by atoms with van der Waals surface area (Å²) in [6.07, 6.45) is 2.18. The molecule has 0 aromatic heterocycles. The van der Waals surface area contributed by atoms with Gasteiger partial charge in [-0.05, 0) is 37.0 Å². The summed E-state index contributed by atoms with van der Waals surface area (Å²) in [7, 11) is -3.56. The third-order valence-electron chi connectivity index (χ3n) is 5.06. The van der Waals surface area contributed by atoms with Crippen molar-refractivity contribution in [2.75, 3.05) is 13.1 Å². The molecular weight excluding hydrogens is 360 g/mol. The Hall–Kier alpha value is -2.18. The molecule has 0 unspecified atom stereocenters. The van der Waals surface area contributed by atoms with Crippen molar-refractivity contribution in [1.29, 1.82) is 0 Å². The zero-order valence-corrected chi connectivity index (χ0v) is 16.4. The molecule has 0 radical (unpaired) electrons. The van der Waals surface area contributed by atoms with Crippen molar-refractivity contribution in [3.05, 3.63) is 66.2 Å². The van der Waals surface area contributed by atoms with Crippen molar-refractivity contribution in [1.82, 2.24) is 9.62 Å². The highest BCUT2D eigenvalue weighted by molar-refractivity contribution is 7.89. The Bertz CT molecular complexity index is 854. The highest BCUT2D eigenvalue weighted by atomic mass is 32.2. The lowest BCUT2D eigenvalue weighted by Crippen LogP contribution is -2.46. The number of carbonyl (C=O) groups excluding carboxylic acids is 1. The largest absolute Gasteiger partial charge is 0.349 e. The van der Waals surface area contributed by atoms with Crippen LogP contribution >= 0.6 is 0 Å². The van der Waals surface area contributed by atoms with Crippen LogP contribution in [0.15, 0.2) is 65.6 Å². The molecule has 1 saturated heterocycles. The number of rotatable bonds is 6. The van der Waals surface area contributed by atoms with Gasteiger partial charge in [0.15, 0.2) is 0 Å². The molecule has 144 valence electrons. The van der Waals surface area contributed by atoms with Gasteiger partial charge in [-0.15, -0.1) is 0 Å². The molecule has 0 aliphatic carbocycles. The topological polar surface area (TPSA) is 66.5 Å². The molecule has 2 aromatic carbocycles. The lowest BCUT2D eigenvalue weighted by atomic mass is 9.97. The predicted octanol–water partition coefficient (Wildman–Crippen LogP) is 3.35. The number of carbonyl (C=O) groups is 1. The third-order valence-corrected chi connectivity index (χ3v) is 6.94. The van der Waals surface area contributed by atoms with E-state index in [2.05, 4.69) is 5.32 Å². The molecule has 6 heteroatoms. The molecule has 1 fully saturated rings. The Morgan fingerprint density at radius 3 is 2.37 bits per heavy atom. The molecule has 5 nitrogen and oxygen atoms in total. The second-order valence-corrected chi connectivity index (χ2v) is 8.83. The number of hydrogen-bond donors (Lipinski definition) is 1.